The summed E-state index contributed by atoms with van der Waals surface area (Å²) in [4.78, 5) is 49.4. The molecule has 1 fully saturated rings. The van der Waals surface area contributed by atoms with Crippen LogP contribution < -0.4 is 19.7 Å². The highest BCUT2D eigenvalue weighted by Gasteiger charge is 2.37. The second kappa shape index (κ2) is 9.29. The maximum absolute atomic E-state index is 13.0. The Morgan fingerprint density at radius 1 is 1.09 bits per heavy atom. The number of nitrogens with one attached hydrogen (secondary N) is 1. The lowest BCUT2D eigenvalue weighted by molar-refractivity contribution is -0.144. The minimum atomic E-state index is -1.16. The first-order chi connectivity index (χ1) is 15.1. The van der Waals surface area contributed by atoms with E-state index < -0.39 is 29.9 Å². The van der Waals surface area contributed by atoms with E-state index in [9.17, 15) is 19.2 Å². The summed E-state index contributed by atoms with van der Waals surface area (Å²) in [7, 11) is 1.35. The highest BCUT2D eigenvalue weighted by atomic mass is 35.5. The molecule has 1 aliphatic rings. The van der Waals surface area contributed by atoms with Crippen LogP contribution in [0.5, 0.6) is 11.5 Å². The van der Waals surface area contributed by atoms with E-state index >= 15 is 0 Å². The van der Waals surface area contributed by atoms with Crippen molar-refractivity contribution in [2.45, 2.75) is 13.0 Å². The number of barbiturate groups is 1. The zero-order valence-corrected chi connectivity index (χ0v) is 18.2. The van der Waals surface area contributed by atoms with Gasteiger partial charge in [-0.1, -0.05) is 29.3 Å². The molecule has 0 unspecified atom stereocenters. The topological polar surface area (TPSA) is 122 Å². The number of imide groups is 2. The van der Waals surface area contributed by atoms with Crippen LogP contribution in [0.25, 0.3) is 6.08 Å². The number of nitrogens with zero attached hydrogens (tertiary/aromatic N) is 1. The molecule has 166 valence electrons. The van der Waals surface area contributed by atoms with E-state index in [-0.39, 0.29) is 32.8 Å². The highest BCUT2D eigenvalue weighted by molar-refractivity contribution is 6.43. The van der Waals surface area contributed by atoms with Gasteiger partial charge in [-0.25, -0.2) is 14.5 Å². The van der Waals surface area contributed by atoms with Crippen LogP contribution in [0, 0.1) is 0 Å². The fraction of sp³-hybridized carbons (Fsp3) is 0.143. The third kappa shape index (κ3) is 4.68. The normalized spacial score (nSPS) is 16.1. The van der Waals surface area contributed by atoms with Crippen molar-refractivity contribution in [1.82, 2.24) is 5.32 Å². The first-order valence-electron chi connectivity index (χ1n) is 9.06. The van der Waals surface area contributed by atoms with Crippen LogP contribution in [-0.4, -0.2) is 42.1 Å². The maximum atomic E-state index is 13.0. The number of carboxylic acid groups (broad SMARTS) is 1. The van der Waals surface area contributed by atoms with Crippen molar-refractivity contribution in [3.05, 3.63) is 57.6 Å². The number of carboxylic acids is 1. The SMILES string of the molecule is COc1cc(/C=C2\C(=O)NC(=O)N(c3ccc(Cl)c(Cl)c3)C2=O)ccc1O[C@@H](C)C(=O)O. The van der Waals surface area contributed by atoms with Gasteiger partial charge in [0.25, 0.3) is 11.8 Å². The zero-order valence-electron chi connectivity index (χ0n) is 16.7. The summed E-state index contributed by atoms with van der Waals surface area (Å²) in [5, 5.41) is 11.5. The Kier molecular flexibility index (Phi) is 6.71. The van der Waals surface area contributed by atoms with Crippen molar-refractivity contribution in [2.24, 2.45) is 0 Å². The smallest absolute Gasteiger partial charge is 0.344 e. The fourth-order valence-electron chi connectivity index (χ4n) is 2.79. The molecule has 2 N–H and O–H groups in total. The van der Waals surface area contributed by atoms with E-state index in [1.54, 1.807) is 0 Å². The first-order valence-corrected chi connectivity index (χ1v) is 9.82. The van der Waals surface area contributed by atoms with Crippen LogP contribution in [0.2, 0.25) is 10.0 Å². The number of amides is 4. The molecule has 0 radical (unpaired) electrons. The summed E-state index contributed by atoms with van der Waals surface area (Å²) < 4.78 is 10.5. The van der Waals surface area contributed by atoms with Gasteiger partial charge in [0.05, 0.1) is 22.8 Å². The summed E-state index contributed by atoms with van der Waals surface area (Å²) in [6.45, 7) is 1.36. The number of benzene rings is 2. The van der Waals surface area contributed by atoms with E-state index in [2.05, 4.69) is 5.32 Å². The minimum absolute atomic E-state index is 0.128. The van der Waals surface area contributed by atoms with Gasteiger partial charge in [-0.15, -0.1) is 0 Å². The van der Waals surface area contributed by atoms with Crippen molar-refractivity contribution in [1.29, 1.82) is 0 Å². The van der Waals surface area contributed by atoms with Crippen molar-refractivity contribution < 1.29 is 33.8 Å². The number of halogens is 2. The standard InChI is InChI=1S/C21H16Cl2N2O7/c1-10(20(28)29)32-16-6-3-11(8-17(16)31-2)7-13-18(26)24-21(30)25(19(13)27)12-4-5-14(22)15(23)9-12/h3-10H,1-2H3,(H,28,29)(H,24,26,30)/b13-7+/t10-/m0/s1. The minimum Gasteiger partial charge on any atom is -0.493 e. The lowest BCUT2D eigenvalue weighted by Crippen LogP contribution is -2.54. The molecule has 1 heterocycles. The summed E-state index contributed by atoms with van der Waals surface area (Å²) in [6, 6.07) is 7.63. The Bertz CT molecular complexity index is 1160. The van der Waals surface area contributed by atoms with Crippen LogP contribution in [0.4, 0.5) is 10.5 Å². The molecule has 0 spiro atoms. The average molecular weight is 479 g/mol. The lowest BCUT2D eigenvalue weighted by Gasteiger charge is -2.26. The number of carbonyl (C=O) groups is 4. The molecular weight excluding hydrogens is 463 g/mol. The summed E-state index contributed by atoms with van der Waals surface area (Å²) in [6.07, 6.45) is 0.145. The molecule has 0 bridgehead atoms. The molecule has 3 rings (SSSR count). The molecule has 0 saturated carbocycles. The summed E-state index contributed by atoms with van der Waals surface area (Å²) in [5.41, 5.74) is 0.189. The maximum Gasteiger partial charge on any atom is 0.344 e. The van der Waals surface area contributed by atoms with Crippen LogP contribution in [0.3, 0.4) is 0 Å². The van der Waals surface area contributed by atoms with E-state index in [0.29, 0.717) is 5.56 Å². The zero-order chi connectivity index (χ0) is 23.6. The van der Waals surface area contributed by atoms with Crippen molar-refractivity contribution in [2.75, 3.05) is 12.0 Å². The Balaban J connectivity index is 1.96. The molecule has 0 aliphatic carbocycles. The number of urea groups is 1. The van der Waals surface area contributed by atoms with Gasteiger partial charge in [0.15, 0.2) is 17.6 Å². The van der Waals surface area contributed by atoms with Crippen LogP contribution in [0.15, 0.2) is 42.0 Å². The number of hydrogen-bond acceptors (Lipinski definition) is 6. The fourth-order valence-corrected chi connectivity index (χ4v) is 3.09. The molecule has 4 amide bonds. The number of ether oxygens (including phenoxy) is 2. The van der Waals surface area contributed by atoms with Crippen molar-refractivity contribution in [3.63, 3.8) is 0 Å². The van der Waals surface area contributed by atoms with Gasteiger partial charge in [0.2, 0.25) is 0 Å². The predicted octanol–water partition coefficient (Wildman–Crippen LogP) is 3.52. The third-order valence-corrected chi connectivity index (χ3v) is 5.15. The third-order valence-electron chi connectivity index (χ3n) is 4.41. The number of carbonyl (C=O) groups excluding carboxylic acids is 3. The largest absolute Gasteiger partial charge is 0.493 e. The predicted molar refractivity (Wildman–Crippen MR) is 116 cm³/mol. The Morgan fingerprint density at radius 3 is 2.44 bits per heavy atom. The Morgan fingerprint density at radius 2 is 1.81 bits per heavy atom. The number of aliphatic carboxylic acids is 1. The van der Waals surface area contributed by atoms with Gasteiger partial charge in [0.1, 0.15) is 5.57 Å². The summed E-state index contributed by atoms with van der Waals surface area (Å²) >= 11 is 11.9. The molecule has 0 aromatic heterocycles. The number of anilines is 1. The molecule has 1 saturated heterocycles. The quantitative estimate of drug-likeness (QED) is 0.480. The second-order valence-electron chi connectivity index (χ2n) is 6.56. The van der Waals surface area contributed by atoms with E-state index in [0.717, 1.165) is 4.90 Å². The number of methoxy groups -OCH3 is 1. The Labute approximate surface area is 192 Å². The van der Waals surface area contributed by atoms with Gasteiger partial charge in [-0.2, -0.15) is 0 Å². The average Bonchev–Trinajstić information content (AvgIpc) is 2.74. The lowest BCUT2D eigenvalue weighted by atomic mass is 10.1. The molecular formula is C21H16Cl2N2O7. The van der Waals surface area contributed by atoms with Crippen LogP contribution in [0.1, 0.15) is 12.5 Å². The first kappa shape index (κ1) is 23.1. The second-order valence-corrected chi connectivity index (χ2v) is 7.38. The van der Waals surface area contributed by atoms with Gasteiger partial charge < -0.3 is 14.6 Å². The molecule has 1 atom stereocenters. The molecule has 2 aromatic rings. The van der Waals surface area contributed by atoms with Gasteiger partial charge in [-0.05, 0) is 48.9 Å². The molecule has 32 heavy (non-hydrogen) atoms. The van der Waals surface area contributed by atoms with Gasteiger partial charge in [0, 0.05) is 0 Å². The molecule has 2 aromatic carbocycles. The van der Waals surface area contributed by atoms with E-state index in [1.165, 1.54) is 56.5 Å². The monoisotopic (exact) mass is 478 g/mol. The molecule has 9 nitrogen and oxygen atoms in total. The van der Waals surface area contributed by atoms with Gasteiger partial charge >= 0.3 is 12.0 Å². The Hall–Kier alpha value is -3.56. The number of hydrogen-bond donors (Lipinski definition) is 2. The molecule has 11 heteroatoms. The van der Waals surface area contributed by atoms with Crippen LogP contribution >= 0.6 is 23.2 Å². The molecule has 1 aliphatic heterocycles. The van der Waals surface area contributed by atoms with E-state index in [1.807, 2.05) is 0 Å². The number of rotatable bonds is 6. The van der Waals surface area contributed by atoms with E-state index in [4.69, 9.17) is 37.8 Å². The van der Waals surface area contributed by atoms with Crippen molar-refractivity contribution in [3.8, 4) is 11.5 Å². The summed E-state index contributed by atoms with van der Waals surface area (Å²) in [5.74, 6) is -2.55. The van der Waals surface area contributed by atoms with Crippen molar-refractivity contribution >= 4 is 58.8 Å². The highest BCUT2D eigenvalue weighted by Crippen LogP contribution is 2.32. The van der Waals surface area contributed by atoms with Gasteiger partial charge in [-0.3, -0.25) is 14.9 Å². The van der Waals surface area contributed by atoms with Crippen LogP contribution in [-0.2, 0) is 14.4 Å².